The van der Waals surface area contributed by atoms with Crippen molar-refractivity contribution in [2.24, 2.45) is 4.99 Å². The van der Waals surface area contributed by atoms with E-state index in [0.29, 0.717) is 18.6 Å². The highest BCUT2D eigenvalue weighted by Crippen LogP contribution is 2.13. The maximum absolute atomic E-state index is 5.50. The van der Waals surface area contributed by atoms with Gasteiger partial charge < -0.3 is 15.4 Å². The summed E-state index contributed by atoms with van der Waals surface area (Å²) < 4.78 is 5.50. The molecule has 1 aliphatic rings. The highest BCUT2D eigenvalue weighted by molar-refractivity contribution is 14.0. The molecule has 24 heavy (non-hydrogen) atoms. The number of nitrogens with zero attached hydrogens (tertiary/aromatic N) is 3. The maximum Gasteiger partial charge on any atom is 0.191 e. The maximum atomic E-state index is 5.50. The summed E-state index contributed by atoms with van der Waals surface area (Å²) in [4.78, 5) is 12.5. The molecule has 0 amide bonds. The number of guanidine groups is 1. The zero-order chi connectivity index (χ0) is 16.7. The Morgan fingerprint density at radius 1 is 1.54 bits per heavy atom. The van der Waals surface area contributed by atoms with Crippen molar-refractivity contribution in [2.45, 2.75) is 45.8 Å². The summed E-state index contributed by atoms with van der Waals surface area (Å²) in [7, 11) is 1.80. The number of nitrogens with one attached hydrogen (secondary N) is 2. The number of ether oxygens (including phenoxy) is 1. The minimum absolute atomic E-state index is 0. The number of hydrogen-bond donors (Lipinski definition) is 2. The molecule has 2 N–H and O–H groups in total. The van der Waals surface area contributed by atoms with Crippen molar-refractivity contribution in [1.29, 1.82) is 0 Å². The van der Waals surface area contributed by atoms with Crippen LogP contribution in [0.3, 0.4) is 0 Å². The van der Waals surface area contributed by atoms with Crippen molar-refractivity contribution < 1.29 is 4.74 Å². The van der Waals surface area contributed by atoms with E-state index in [1.54, 1.807) is 18.4 Å². The zero-order valence-electron chi connectivity index (χ0n) is 15.0. The Balaban J connectivity index is 0.00000288. The summed E-state index contributed by atoms with van der Waals surface area (Å²) in [5.74, 6) is 0.825. The van der Waals surface area contributed by atoms with Crippen LogP contribution in [0.25, 0.3) is 0 Å². The lowest BCUT2D eigenvalue weighted by molar-refractivity contribution is -0.0174. The summed E-state index contributed by atoms with van der Waals surface area (Å²) in [6.45, 7) is 10.8. The third kappa shape index (κ3) is 6.45. The van der Waals surface area contributed by atoms with E-state index in [0.717, 1.165) is 43.7 Å². The third-order valence-corrected chi connectivity index (χ3v) is 5.27. The fourth-order valence-electron chi connectivity index (χ4n) is 2.73. The standard InChI is InChI=1S/C16H29N5OS.HI/c1-5-14-9-18-15(23-14)10-20-16(17-4)19-8-12(2)21-6-7-22-11-13(21)3;/h9,12-13H,5-8,10-11H2,1-4H3,(H2,17,19,20);1H. The highest BCUT2D eigenvalue weighted by atomic mass is 127. The second-order valence-corrected chi connectivity index (χ2v) is 7.09. The molecule has 8 heteroatoms. The molecular formula is C16H30IN5OS. The number of halogens is 1. The van der Waals surface area contributed by atoms with E-state index < -0.39 is 0 Å². The molecule has 1 saturated heterocycles. The van der Waals surface area contributed by atoms with E-state index in [-0.39, 0.29) is 24.0 Å². The Kier molecular flexibility index (Phi) is 10.1. The van der Waals surface area contributed by atoms with E-state index in [4.69, 9.17) is 4.74 Å². The van der Waals surface area contributed by atoms with Crippen LogP contribution < -0.4 is 10.6 Å². The molecule has 1 aromatic rings. The van der Waals surface area contributed by atoms with Crippen LogP contribution in [0.15, 0.2) is 11.2 Å². The highest BCUT2D eigenvalue weighted by Gasteiger charge is 2.23. The smallest absolute Gasteiger partial charge is 0.191 e. The molecule has 1 aliphatic heterocycles. The fourth-order valence-corrected chi connectivity index (χ4v) is 3.53. The molecule has 0 bridgehead atoms. The van der Waals surface area contributed by atoms with Crippen LogP contribution >= 0.6 is 35.3 Å². The number of rotatable bonds is 6. The minimum atomic E-state index is 0. The molecule has 6 nitrogen and oxygen atoms in total. The third-order valence-electron chi connectivity index (χ3n) is 4.13. The second-order valence-electron chi connectivity index (χ2n) is 5.89. The summed E-state index contributed by atoms with van der Waals surface area (Å²) >= 11 is 1.75. The van der Waals surface area contributed by atoms with Gasteiger partial charge in [0.1, 0.15) is 5.01 Å². The first-order valence-electron chi connectivity index (χ1n) is 8.35. The lowest BCUT2D eigenvalue weighted by Crippen LogP contribution is -2.52. The van der Waals surface area contributed by atoms with Crippen molar-refractivity contribution in [3.8, 4) is 0 Å². The van der Waals surface area contributed by atoms with Gasteiger partial charge in [0.15, 0.2) is 5.96 Å². The van der Waals surface area contributed by atoms with Crippen molar-refractivity contribution >= 4 is 41.3 Å². The van der Waals surface area contributed by atoms with Gasteiger partial charge in [-0.1, -0.05) is 6.92 Å². The molecule has 0 spiro atoms. The summed E-state index contributed by atoms with van der Waals surface area (Å²) in [6.07, 6.45) is 3.00. The average Bonchev–Trinajstić information content (AvgIpc) is 3.03. The number of aliphatic imine (C=N–C) groups is 1. The Bertz CT molecular complexity index is 510. The summed E-state index contributed by atoms with van der Waals surface area (Å²) in [6, 6.07) is 0.914. The predicted molar refractivity (Wildman–Crippen MR) is 112 cm³/mol. The molecule has 138 valence electrons. The largest absolute Gasteiger partial charge is 0.379 e. The van der Waals surface area contributed by atoms with E-state index in [9.17, 15) is 0 Å². The molecule has 0 saturated carbocycles. The van der Waals surface area contributed by atoms with Crippen molar-refractivity contribution in [3.63, 3.8) is 0 Å². The van der Waals surface area contributed by atoms with Gasteiger partial charge in [0.25, 0.3) is 0 Å². The van der Waals surface area contributed by atoms with Crippen LogP contribution in [0.4, 0.5) is 0 Å². The zero-order valence-corrected chi connectivity index (χ0v) is 18.2. The predicted octanol–water partition coefficient (Wildman–Crippen LogP) is 2.10. The van der Waals surface area contributed by atoms with Crippen LogP contribution in [0.5, 0.6) is 0 Å². The second kappa shape index (κ2) is 11.2. The molecule has 0 radical (unpaired) electrons. The van der Waals surface area contributed by atoms with Crippen molar-refractivity contribution in [3.05, 3.63) is 16.1 Å². The van der Waals surface area contributed by atoms with E-state index in [2.05, 4.69) is 46.3 Å². The van der Waals surface area contributed by atoms with Crippen molar-refractivity contribution in [1.82, 2.24) is 20.5 Å². The number of thiazole rings is 1. The van der Waals surface area contributed by atoms with Gasteiger partial charge in [0.2, 0.25) is 0 Å². The van der Waals surface area contributed by atoms with Gasteiger partial charge in [-0.05, 0) is 20.3 Å². The van der Waals surface area contributed by atoms with Crippen LogP contribution in [0, 0.1) is 0 Å². The Labute approximate surface area is 166 Å². The van der Waals surface area contributed by atoms with Gasteiger partial charge in [-0.3, -0.25) is 9.89 Å². The Morgan fingerprint density at radius 2 is 2.33 bits per heavy atom. The molecule has 2 atom stereocenters. The number of aryl methyl sites for hydroxylation is 1. The quantitative estimate of drug-likeness (QED) is 0.381. The molecule has 2 heterocycles. The van der Waals surface area contributed by atoms with Gasteiger partial charge in [-0.15, -0.1) is 35.3 Å². The van der Waals surface area contributed by atoms with E-state index in [1.807, 2.05) is 6.20 Å². The molecule has 0 aliphatic carbocycles. The number of aromatic nitrogens is 1. The number of morpholine rings is 1. The van der Waals surface area contributed by atoms with Gasteiger partial charge in [0, 0.05) is 43.3 Å². The Hall–Kier alpha value is -0.450. The monoisotopic (exact) mass is 467 g/mol. The lowest BCUT2D eigenvalue weighted by Gasteiger charge is -2.38. The summed E-state index contributed by atoms with van der Waals surface area (Å²) in [5.41, 5.74) is 0. The summed E-state index contributed by atoms with van der Waals surface area (Å²) in [5, 5.41) is 7.84. The lowest BCUT2D eigenvalue weighted by atomic mass is 10.2. The first kappa shape index (κ1) is 21.6. The minimum Gasteiger partial charge on any atom is -0.379 e. The molecule has 0 aromatic carbocycles. The topological polar surface area (TPSA) is 61.8 Å². The molecule has 2 rings (SSSR count). The van der Waals surface area contributed by atoms with Gasteiger partial charge >= 0.3 is 0 Å². The normalized spacial score (nSPS) is 20.3. The van der Waals surface area contributed by atoms with Crippen molar-refractivity contribution in [2.75, 3.05) is 33.4 Å². The van der Waals surface area contributed by atoms with Crippen LogP contribution in [-0.2, 0) is 17.7 Å². The molecular weight excluding hydrogens is 437 g/mol. The molecule has 1 aromatic heterocycles. The SMILES string of the molecule is CCc1cnc(CNC(=NC)NCC(C)N2CCOCC2C)s1.I. The first-order valence-corrected chi connectivity index (χ1v) is 9.17. The van der Waals surface area contributed by atoms with Gasteiger partial charge in [-0.2, -0.15) is 0 Å². The number of hydrogen-bond acceptors (Lipinski definition) is 5. The fraction of sp³-hybridized carbons (Fsp3) is 0.750. The van der Waals surface area contributed by atoms with E-state index in [1.165, 1.54) is 4.88 Å². The van der Waals surface area contributed by atoms with E-state index >= 15 is 0 Å². The van der Waals surface area contributed by atoms with Crippen LogP contribution in [-0.4, -0.2) is 61.3 Å². The van der Waals surface area contributed by atoms with Crippen LogP contribution in [0.1, 0.15) is 30.7 Å². The Morgan fingerprint density at radius 3 is 2.96 bits per heavy atom. The molecule has 2 unspecified atom stereocenters. The first-order chi connectivity index (χ1) is 11.1. The van der Waals surface area contributed by atoms with Crippen LogP contribution in [0.2, 0.25) is 0 Å². The average molecular weight is 467 g/mol. The van der Waals surface area contributed by atoms with Gasteiger partial charge in [0.05, 0.1) is 19.8 Å². The van der Waals surface area contributed by atoms with Gasteiger partial charge in [-0.25, -0.2) is 4.98 Å². The molecule has 1 fully saturated rings.